The van der Waals surface area contributed by atoms with E-state index in [-0.39, 0.29) is 5.97 Å². The van der Waals surface area contributed by atoms with Gasteiger partial charge in [0.2, 0.25) is 0 Å². The molecule has 3 rings (SSSR count). The van der Waals surface area contributed by atoms with E-state index in [1.807, 2.05) is 42.5 Å². The SMILES string of the molecule is N#Cc1nccnc1NCC1CCC=C(C(=O)OCc2ccccc2)CC1. The number of anilines is 1. The third-order valence-electron chi connectivity index (χ3n) is 4.62. The molecule has 138 valence electrons. The van der Waals surface area contributed by atoms with Crippen molar-refractivity contribution >= 4 is 11.8 Å². The Bertz CT molecular complexity index is 843. The molecule has 0 saturated heterocycles. The van der Waals surface area contributed by atoms with Gasteiger partial charge in [0.05, 0.1) is 0 Å². The average molecular weight is 362 g/mol. The highest BCUT2D eigenvalue weighted by Crippen LogP contribution is 2.24. The van der Waals surface area contributed by atoms with Gasteiger partial charge in [-0.15, -0.1) is 0 Å². The van der Waals surface area contributed by atoms with Crippen molar-refractivity contribution in [1.29, 1.82) is 5.26 Å². The molecule has 0 aliphatic heterocycles. The van der Waals surface area contributed by atoms with Crippen molar-refractivity contribution in [2.45, 2.75) is 32.3 Å². The van der Waals surface area contributed by atoms with Crippen LogP contribution in [0.3, 0.4) is 0 Å². The Labute approximate surface area is 158 Å². The highest BCUT2D eigenvalue weighted by Gasteiger charge is 2.19. The van der Waals surface area contributed by atoms with Crippen molar-refractivity contribution in [3.8, 4) is 6.07 Å². The summed E-state index contributed by atoms with van der Waals surface area (Å²) in [6, 6.07) is 11.7. The maximum atomic E-state index is 12.3. The van der Waals surface area contributed by atoms with E-state index in [9.17, 15) is 4.79 Å². The van der Waals surface area contributed by atoms with Crippen molar-refractivity contribution in [1.82, 2.24) is 9.97 Å². The number of rotatable bonds is 6. The summed E-state index contributed by atoms with van der Waals surface area (Å²) in [4.78, 5) is 20.5. The van der Waals surface area contributed by atoms with Crippen LogP contribution in [0.25, 0.3) is 0 Å². The summed E-state index contributed by atoms with van der Waals surface area (Å²) < 4.78 is 5.44. The maximum absolute atomic E-state index is 12.3. The molecule has 1 aliphatic carbocycles. The van der Waals surface area contributed by atoms with Crippen molar-refractivity contribution in [3.05, 3.63) is 65.6 Å². The number of nitrogens with one attached hydrogen (secondary N) is 1. The molecule has 1 aromatic carbocycles. The molecular weight excluding hydrogens is 340 g/mol. The van der Waals surface area contributed by atoms with Crippen LogP contribution in [-0.2, 0) is 16.1 Å². The monoisotopic (exact) mass is 362 g/mol. The van der Waals surface area contributed by atoms with Crippen LogP contribution in [0.4, 0.5) is 5.82 Å². The molecule has 0 radical (unpaired) electrons. The van der Waals surface area contributed by atoms with Gasteiger partial charge in [-0.3, -0.25) is 0 Å². The zero-order valence-corrected chi connectivity index (χ0v) is 15.1. The molecule has 1 aliphatic rings. The van der Waals surface area contributed by atoms with Crippen LogP contribution < -0.4 is 5.32 Å². The number of nitrogens with zero attached hydrogens (tertiary/aromatic N) is 3. The molecule has 0 saturated carbocycles. The van der Waals surface area contributed by atoms with E-state index in [1.54, 1.807) is 6.20 Å². The van der Waals surface area contributed by atoms with Gasteiger partial charge in [-0.25, -0.2) is 14.8 Å². The van der Waals surface area contributed by atoms with E-state index >= 15 is 0 Å². The number of nitriles is 1. The number of ether oxygens (including phenoxy) is 1. The highest BCUT2D eigenvalue weighted by atomic mass is 16.5. The van der Waals surface area contributed by atoms with Gasteiger partial charge in [0.1, 0.15) is 12.7 Å². The smallest absolute Gasteiger partial charge is 0.334 e. The van der Waals surface area contributed by atoms with Crippen molar-refractivity contribution in [3.63, 3.8) is 0 Å². The van der Waals surface area contributed by atoms with Crippen LogP contribution in [0.5, 0.6) is 0 Å². The normalized spacial score (nSPS) is 16.6. The number of aromatic nitrogens is 2. The minimum atomic E-state index is -0.229. The van der Waals surface area contributed by atoms with E-state index in [1.165, 1.54) is 6.20 Å². The largest absolute Gasteiger partial charge is 0.457 e. The molecule has 1 N–H and O–H groups in total. The van der Waals surface area contributed by atoms with Gasteiger partial charge in [-0.2, -0.15) is 5.26 Å². The lowest BCUT2D eigenvalue weighted by Crippen LogP contribution is -2.16. The fourth-order valence-electron chi connectivity index (χ4n) is 3.09. The van der Waals surface area contributed by atoms with Gasteiger partial charge >= 0.3 is 5.97 Å². The summed E-state index contributed by atoms with van der Waals surface area (Å²) in [5.74, 6) is 0.682. The van der Waals surface area contributed by atoms with Gasteiger partial charge in [-0.05, 0) is 37.2 Å². The Morgan fingerprint density at radius 1 is 1.22 bits per heavy atom. The average Bonchev–Trinajstić information content (AvgIpc) is 2.97. The summed E-state index contributed by atoms with van der Waals surface area (Å²) in [6.45, 7) is 0.999. The standard InChI is InChI=1S/C21H22N4O2/c22-13-19-20(24-12-11-23-19)25-14-16-7-4-8-18(10-9-16)21(26)27-15-17-5-2-1-3-6-17/h1-3,5-6,8,11-12,16H,4,7,9-10,14-15H2,(H,24,25). The van der Waals surface area contributed by atoms with E-state index in [0.29, 0.717) is 37.0 Å². The maximum Gasteiger partial charge on any atom is 0.334 e. The molecule has 1 unspecified atom stereocenters. The topological polar surface area (TPSA) is 87.9 Å². The van der Waals surface area contributed by atoms with Gasteiger partial charge in [0.25, 0.3) is 0 Å². The minimum absolute atomic E-state index is 0.229. The number of hydrogen-bond donors (Lipinski definition) is 1. The number of allylic oxidation sites excluding steroid dienone is 1. The van der Waals surface area contributed by atoms with E-state index in [4.69, 9.17) is 10.00 Å². The van der Waals surface area contributed by atoms with E-state index < -0.39 is 0 Å². The highest BCUT2D eigenvalue weighted by molar-refractivity contribution is 5.88. The molecule has 1 atom stereocenters. The molecular formula is C21H22N4O2. The lowest BCUT2D eigenvalue weighted by atomic mass is 9.99. The molecule has 0 spiro atoms. The van der Waals surface area contributed by atoms with Crippen LogP contribution in [0.1, 0.15) is 36.9 Å². The molecule has 6 heteroatoms. The Morgan fingerprint density at radius 3 is 2.85 bits per heavy atom. The Morgan fingerprint density at radius 2 is 2.04 bits per heavy atom. The molecule has 0 amide bonds. The van der Waals surface area contributed by atoms with Gasteiger partial charge in [0, 0.05) is 24.5 Å². The second-order valence-electron chi connectivity index (χ2n) is 6.52. The Hall–Kier alpha value is -3.20. The summed E-state index contributed by atoms with van der Waals surface area (Å²) >= 11 is 0. The summed E-state index contributed by atoms with van der Waals surface area (Å²) in [7, 11) is 0. The van der Waals surface area contributed by atoms with Gasteiger partial charge < -0.3 is 10.1 Å². The first-order valence-electron chi connectivity index (χ1n) is 9.11. The second-order valence-corrected chi connectivity index (χ2v) is 6.52. The zero-order chi connectivity index (χ0) is 18.9. The number of hydrogen-bond acceptors (Lipinski definition) is 6. The van der Waals surface area contributed by atoms with Crippen LogP contribution in [-0.4, -0.2) is 22.5 Å². The Kier molecular flexibility index (Phi) is 6.53. The third-order valence-corrected chi connectivity index (χ3v) is 4.62. The first-order valence-corrected chi connectivity index (χ1v) is 9.11. The molecule has 0 bridgehead atoms. The van der Waals surface area contributed by atoms with Gasteiger partial charge in [0.15, 0.2) is 11.5 Å². The molecule has 2 aromatic rings. The van der Waals surface area contributed by atoms with Crippen LogP contribution in [0.2, 0.25) is 0 Å². The summed E-state index contributed by atoms with van der Waals surface area (Å²) in [5.41, 5.74) is 2.04. The summed E-state index contributed by atoms with van der Waals surface area (Å²) in [5, 5.41) is 12.3. The fraction of sp³-hybridized carbons (Fsp3) is 0.333. The van der Waals surface area contributed by atoms with Crippen molar-refractivity contribution in [2.75, 3.05) is 11.9 Å². The number of carbonyl (C=O) groups excluding carboxylic acids is 1. The quantitative estimate of drug-likeness (QED) is 0.790. The van der Waals surface area contributed by atoms with Crippen LogP contribution in [0.15, 0.2) is 54.4 Å². The van der Waals surface area contributed by atoms with Crippen LogP contribution in [0, 0.1) is 17.2 Å². The van der Waals surface area contributed by atoms with E-state index in [2.05, 4.69) is 15.3 Å². The second kappa shape index (κ2) is 9.48. The zero-order valence-electron chi connectivity index (χ0n) is 15.1. The molecule has 27 heavy (non-hydrogen) atoms. The lowest BCUT2D eigenvalue weighted by molar-refractivity contribution is -0.140. The predicted molar refractivity (Wildman–Crippen MR) is 102 cm³/mol. The van der Waals surface area contributed by atoms with Gasteiger partial charge in [-0.1, -0.05) is 36.4 Å². The van der Waals surface area contributed by atoms with Crippen LogP contribution >= 0.6 is 0 Å². The predicted octanol–water partition coefficient (Wildman–Crippen LogP) is 3.62. The third kappa shape index (κ3) is 5.38. The lowest BCUT2D eigenvalue weighted by Gasteiger charge is -2.15. The molecule has 6 nitrogen and oxygen atoms in total. The Balaban J connectivity index is 1.47. The number of benzene rings is 1. The molecule has 1 heterocycles. The van der Waals surface area contributed by atoms with Crippen molar-refractivity contribution < 1.29 is 9.53 Å². The molecule has 1 aromatic heterocycles. The summed E-state index contributed by atoms with van der Waals surface area (Å²) in [6.07, 6.45) is 8.48. The molecule has 0 fully saturated rings. The number of carbonyl (C=O) groups is 1. The van der Waals surface area contributed by atoms with Crippen molar-refractivity contribution in [2.24, 2.45) is 5.92 Å². The first kappa shape index (κ1) is 18.6. The minimum Gasteiger partial charge on any atom is -0.457 e. The van der Waals surface area contributed by atoms with E-state index in [0.717, 1.165) is 30.4 Å². The number of esters is 1. The fourth-order valence-corrected chi connectivity index (χ4v) is 3.09. The first-order chi connectivity index (χ1) is 13.3.